The number of nitrogens with zero attached hydrogens (tertiary/aromatic N) is 1. The number of halogens is 3. The Balaban J connectivity index is 1.82. The highest BCUT2D eigenvalue weighted by Gasteiger charge is 2.46. The summed E-state index contributed by atoms with van der Waals surface area (Å²) in [5.74, 6) is -1.55. The summed E-state index contributed by atoms with van der Waals surface area (Å²) >= 11 is 0. The van der Waals surface area contributed by atoms with E-state index in [1.54, 1.807) is 24.3 Å². The molecule has 1 aromatic heterocycles. The van der Waals surface area contributed by atoms with Crippen LogP contribution in [0.3, 0.4) is 0 Å². The Bertz CT molecular complexity index is 831. The number of carbonyl (C=O) groups excluding carboxylic acids is 1. The zero-order chi connectivity index (χ0) is 18.9. The number of nitrogens with one attached hydrogen (secondary N) is 2. The summed E-state index contributed by atoms with van der Waals surface area (Å²) in [5, 5.41) is 4.66. The number of benzene rings is 1. The molecule has 5 nitrogen and oxygen atoms in total. The molecule has 8 heteroatoms. The molecule has 1 atom stereocenters. The average Bonchev–Trinajstić information content (AvgIpc) is 3.22. The Kier molecular flexibility index (Phi) is 4.93. The van der Waals surface area contributed by atoms with Gasteiger partial charge in [-0.1, -0.05) is 30.5 Å². The van der Waals surface area contributed by atoms with Gasteiger partial charge in [0.25, 0.3) is 11.5 Å². The van der Waals surface area contributed by atoms with Crippen molar-refractivity contribution in [3.05, 3.63) is 51.9 Å². The van der Waals surface area contributed by atoms with Crippen molar-refractivity contribution in [1.29, 1.82) is 0 Å². The highest BCUT2D eigenvalue weighted by atomic mass is 19.4. The highest BCUT2D eigenvalue weighted by Crippen LogP contribution is 2.35. The van der Waals surface area contributed by atoms with E-state index in [0.717, 1.165) is 29.2 Å². The van der Waals surface area contributed by atoms with Crippen molar-refractivity contribution in [2.45, 2.75) is 44.8 Å². The van der Waals surface area contributed by atoms with Crippen LogP contribution in [0.4, 0.5) is 13.2 Å². The van der Waals surface area contributed by atoms with Crippen LogP contribution in [0.1, 0.15) is 41.7 Å². The van der Waals surface area contributed by atoms with Crippen LogP contribution in [-0.4, -0.2) is 27.9 Å². The molecule has 2 N–H and O–H groups in total. The van der Waals surface area contributed by atoms with Gasteiger partial charge in [0.1, 0.15) is 11.7 Å². The maximum atomic E-state index is 13.3. The third-order valence-electron chi connectivity index (χ3n) is 4.77. The molecule has 0 spiro atoms. The van der Waals surface area contributed by atoms with Gasteiger partial charge < -0.3 is 5.32 Å². The van der Waals surface area contributed by atoms with Gasteiger partial charge in [0, 0.05) is 6.07 Å². The predicted octanol–water partition coefficient (Wildman–Crippen LogP) is 3.32. The summed E-state index contributed by atoms with van der Waals surface area (Å²) in [7, 11) is 0. The zero-order valence-corrected chi connectivity index (χ0v) is 14.3. The maximum Gasteiger partial charge on any atom is 0.408 e. The van der Waals surface area contributed by atoms with Gasteiger partial charge in [-0.15, -0.1) is 0 Å². The molecule has 0 aliphatic heterocycles. The Morgan fingerprint density at radius 3 is 2.42 bits per heavy atom. The Labute approximate surface area is 148 Å². The molecule has 1 aliphatic rings. The minimum Gasteiger partial charge on any atom is -0.339 e. The van der Waals surface area contributed by atoms with Crippen LogP contribution < -0.4 is 10.9 Å². The van der Waals surface area contributed by atoms with E-state index in [1.807, 2.05) is 6.92 Å². The number of aryl methyl sites for hydroxylation is 1. The predicted molar refractivity (Wildman–Crippen MR) is 90.4 cm³/mol. The normalized spacial score (nSPS) is 16.6. The monoisotopic (exact) mass is 367 g/mol. The fraction of sp³-hybridized carbons (Fsp3) is 0.444. The minimum absolute atomic E-state index is 0.192. The third kappa shape index (κ3) is 3.84. The number of amides is 1. The van der Waals surface area contributed by atoms with Crippen LogP contribution in [0.15, 0.2) is 35.1 Å². The molecule has 2 aromatic rings. The number of carbonyl (C=O) groups is 1. The lowest BCUT2D eigenvalue weighted by molar-refractivity contribution is -0.164. The average molecular weight is 367 g/mol. The van der Waals surface area contributed by atoms with E-state index in [-0.39, 0.29) is 5.69 Å². The molecule has 1 saturated carbocycles. The van der Waals surface area contributed by atoms with E-state index in [4.69, 9.17) is 0 Å². The highest BCUT2D eigenvalue weighted by molar-refractivity contribution is 5.92. The second-order valence-corrected chi connectivity index (χ2v) is 6.72. The summed E-state index contributed by atoms with van der Waals surface area (Å²) in [4.78, 5) is 24.4. The van der Waals surface area contributed by atoms with Gasteiger partial charge in [0.05, 0.1) is 5.69 Å². The number of aromatic nitrogens is 2. The van der Waals surface area contributed by atoms with Crippen molar-refractivity contribution in [2.75, 3.05) is 0 Å². The first-order chi connectivity index (χ1) is 12.3. The molecule has 1 fully saturated rings. The van der Waals surface area contributed by atoms with E-state index in [0.29, 0.717) is 18.5 Å². The fourth-order valence-electron chi connectivity index (χ4n) is 3.37. The third-order valence-corrected chi connectivity index (χ3v) is 4.77. The van der Waals surface area contributed by atoms with E-state index in [1.165, 1.54) is 0 Å². The van der Waals surface area contributed by atoms with Gasteiger partial charge in [0.2, 0.25) is 0 Å². The standard InChI is InChI=1S/C18H20F3N3O2/c1-11-6-8-13(9-7-11)24-15(25)10-14(23-24)17(26)22-16(18(19,20)21)12-4-2-3-5-12/h6-10,12,16,23H,2-5H2,1H3,(H,22,26). The van der Waals surface area contributed by atoms with Crippen molar-refractivity contribution < 1.29 is 18.0 Å². The molecule has 3 rings (SSSR count). The van der Waals surface area contributed by atoms with Crippen molar-refractivity contribution in [2.24, 2.45) is 5.92 Å². The van der Waals surface area contributed by atoms with E-state index >= 15 is 0 Å². The first-order valence-electron chi connectivity index (χ1n) is 8.52. The largest absolute Gasteiger partial charge is 0.408 e. The summed E-state index contributed by atoms with van der Waals surface area (Å²) in [5.41, 5.74) is 0.796. The Morgan fingerprint density at radius 2 is 1.85 bits per heavy atom. The van der Waals surface area contributed by atoms with E-state index in [9.17, 15) is 22.8 Å². The first-order valence-corrected chi connectivity index (χ1v) is 8.52. The van der Waals surface area contributed by atoms with Gasteiger partial charge in [-0.25, -0.2) is 4.68 Å². The van der Waals surface area contributed by atoms with Gasteiger partial charge in [-0.2, -0.15) is 13.2 Å². The lowest BCUT2D eigenvalue weighted by Crippen LogP contribution is -2.49. The first kappa shape index (κ1) is 18.3. The molecule has 0 radical (unpaired) electrons. The summed E-state index contributed by atoms with van der Waals surface area (Å²) in [6.07, 6.45) is -2.19. The molecule has 26 heavy (non-hydrogen) atoms. The van der Waals surface area contributed by atoms with Crippen LogP contribution in [-0.2, 0) is 0 Å². The molecule has 0 bridgehead atoms. The second-order valence-electron chi connectivity index (χ2n) is 6.72. The number of hydrogen-bond acceptors (Lipinski definition) is 2. The molecule has 1 amide bonds. The smallest absolute Gasteiger partial charge is 0.339 e. The number of rotatable bonds is 4. The van der Waals surface area contributed by atoms with Crippen molar-refractivity contribution in [1.82, 2.24) is 15.1 Å². The van der Waals surface area contributed by atoms with E-state index < -0.39 is 29.6 Å². The molecule has 140 valence electrons. The van der Waals surface area contributed by atoms with Crippen LogP contribution in [0.25, 0.3) is 5.69 Å². The summed E-state index contributed by atoms with van der Waals surface area (Å²) in [6.45, 7) is 1.89. The fourth-order valence-corrected chi connectivity index (χ4v) is 3.37. The quantitative estimate of drug-likeness (QED) is 0.871. The molecular formula is C18H20F3N3O2. The lowest BCUT2D eigenvalue weighted by Gasteiger charge is -2.26. The maximum absolute atomic E-state index is 13.3. The van der Waals surface area contributed by atoms with Crippen molar-refractivity contribution in [3.8, 4) is 5.69 Å². The summed E-state index contributed by atoms with van der Waals surface area (Å²) in [6, 6.07) is 6.07. The second kappa shape index (κ2) is 7.01. The zero-order valence-electron chi connectivity index (χ0n) is 14.3. The van der Waals surface area contributed by atoms with Crippen molar-refractivity contribution in [3.63, 3.8) is 0 Å². The molecule has 1 unspecified atom stereocenters. The molecule has 1 aromatic carbocycles. The van der Waals surface area contributed by atoms with Crippen molar-refractivity contribution >= 4 is 5.91 Å². The molecular weight excluding hydrogens is 347 g/mol. The van der Waals surface area contributed by atoms with Gasteiger partial charge >= 0.3 is 6.18 Å². The molecule has 1 heterocycles. The molecule has 0 saturated heterocycles. The van der Waals surface area contributed by atoms with Gasteiger partial charge in [-0.05, 0) is 37.8 Å². The number of aromatic amines is 1. The number of hydrogen-bond donors (Lipinski definition) is 2. The van der Waals surface area contributed by atoms with Crippen LogP contribution >= 0.6 is 0 Å². The lowest BCUT2D eigenvalue weighted by atomic mass is 9.97. The van der Waals surface area contributed by atoms with Gasteiger partial charge in [-0.3, -0.25) is 14.7 Å². The van der Waals surface area contributed by atoms with Gasteiger partial charge in [0.15, 0.2) is 0 Å². The molecule has 1 aliphatic carbocycles. The minimum atomic E-state index is -4.52. The number of alkyl halides is 3. The number of H-pyrrole nitrogens is 1. The summed E-state index contributed by atoms with van der Waals surface area (Å²) < 4.78 is 41.2. The Hall–Kier alpha value is -2.51. The Morgan fingerprint density at radius 1 is 1.23 bits per heavy atom. The topological polar surface area (TPSA) is 66.9 Å². The van der Waals surface area contributed by atoms with E-state index in [2.05, 4.69) is 10.4 Å². The SMILES string of the molecule is Cc1ccc(-n2[nH]c(C(=O)NC(C3CCCC3)C(F)(F)F)cc2=O)cc1. The van der Waals surface area contributed by atoms with Crippen LogP contribution in [0.2, 0.25) is 0 Å². The van der Waals surface area contributed by atoms with Crippen LogP contribution in [0, 0.1) is 12.8 Å². The van der Waals surface area contributed by atoms with Crippen LogP contribution in [0.5, 0.6) is 0 Å².